The molecule has 0 saturated heterocycles. The van der Waals surface area contributed by atoms with Crippen LogP contribution in [-0.2, 0) is 6.54 Å². The molecule has 1 N–H and O–H groups in total. The van der Waals surface area contributed by atoms with E-state index in [9.17, 15) is 0 Å². The van der Waals surface area contributed by atoms with Crippen LogP contribution in [0.25, 0.3) is 0 Å². The zero-order valence-electron chi connectivity index (χ0n) is 11.4. The van der Waals surface area contributed by atoms with Gasteiger partial charge < -0.3 is 15.0 Å². The molecule has 19 heavy (non-hydrogen) atoms. The summed E-state index contributed by atoms with van der Waals surface area (Å²) in [5, 5.41) is 3.11. The summed E-state index contributed by atoms with van der Waals surface area (Å²) < 4.78 is 5.70. The van der Waals surface area contributed by atoms with E-state index in [1.54, 1.807) is 12.3 Å². The van der Waals surface area contributed by atoms with E-state index in [1.807, 2.05) is 50.3 Å². The summed E-state index contributed by atoms with van der Waals surface area (Å²) in [6.07, 6.45) is 1.69. The molecule has 0 spiro atoms. The fraction of sp³-hybridized carbons (Fsp3) is 0.286. The summed E-state index contributed by atoms with van der Waals surface area (Å²) in [5.41, 5.74) is 1.21. The van der Waals surface area contributed by atoms with Gasteiger partial charge in [0.05, 0.1) is 0 Å². The lowest BCUT2D eigenvalue weighted by atomic mass is 10.2. The summed E-state index contributed by atoms with van der Waals surface area (Å²) in [6, 6.07) is 9.67. The number of hydrogen-bond acceptors (Lipinski definition) is 5. The second-order valence-electron chi connectivity index (χ2n) is 4.37. The fourth-order valence-corrected chi connectivity index (χ4v) is 1.60. The molecule has 0 aliphatic rings. The molecule has 0 unspecified atom stereocenters. The van der Waals surface area contributed by atoms with Gasteiger partial charge in [-0.1, -0.05) is 12.1 Å². The predicted octanol–water partition coefficient (Wildman–Crippen LogP) is 2.05. The van der Waals surface area contributed by atoms with Gasteiger partial charge in [-0.2, -0.15) is 4.98 Å². The van der Waals surface area contributed by atoms with Crippen LogP contribution in [-0.4, -0.2) is 31.1 Å². The van der Waals surface area contributed by atoms with E-state index in [0.29, 0.717) is 11.8 Å². The number of nitrogens with zero attached hydrogens (tertiary/aromatic N) is 3. The van der Waals surface area contributed by atoms with E-state index in [2.05, 4.69) is 15.3 Å². The first kappa shape index (κ1) is 13.3. The molecule has 0 fully saturated rings. The maximum atomic E-state index is 5.70. The molecule has 0 aliphatic carbocycles. The SMILES string of the molecule is CNCc1ccc(Oc2ccnc(N(C)C)n2)cc1. The Morgan fingerprint density at radius 1 is 1.16 bits per heavy atom. The molecule has 2 aromatic rings. The molecule has 0 atom stereocenters. The molecule has 1 aromatic carbocycles. The molecule has 0 bridgehead atoms. The van der Waals surface area contributed by atoms with Crippen molar-refractivity contribution in [3.05, 3.63) is 42.1 Å². The van der Waals surface area contributed by atoms with Gasteiger partial charge in [-0.15, -0.1) is 0 Å². The number of aromatic nitrogens is 2. The second kappa shape index (κ2) is 6.15. The molecule has 100 valence electrons. The van der Waals surface area contributed by atoms with Crippen molar-refractivity contribution < 1.29 is 4.74 Å². The summed E-state index contributed by atoms with van der Waals surface area (Å²) >= 11 is 0. The Hall–Kier alpha value is -2.14. The third kappa shape index (κ3) is 3.66. The standard InChI is InChI=1S/C14H18N4O/c1-15-10-11-4-6-12(7-5-11)19-13-8-9-16-14(17-13)18(2)3/h4-9,15H,10H2,1-3H3. The van der Waals surface area contributed by atoms with E-state index in [1.165, 1.54) is 5.56 Å². The minimum absolute atomic E-state index is 0.542. The Kier molecular flexibility index (Phi) is 4.30. The number of benzene rings is 1. The number of nitrogens with one attached hydrogen (secondary N) is 1. The molecule has 5 nitrogen and oxygen atoms in total. The lowest BCUT2D eigenvalue weighted by Gasteiger charge is -2.11. The van der Waals surface area contributed by atoms with Crippen molar-refractivity contribution in [2.24, 2.45) is 0 Å². The van der Waals surface area contributed by atoms with Crippen LogP contribution in [0.15, 0.2) is 36.5 Å². The van der Waals surface area contributed by atoms with Gasteiger partial charge in [-0.3, -0.25) is 0 Å². The first-order chi connectivity index (χ1) is 9.19. The van der Waals surface area contributed by atoms with Crippen LogP contribution in [0.5, 0.6) is 11.6 Å². The Bertz CT molecular complexity index is 525. The van der Waals surface area contributed by atoms with Crippen LogP contribution < -0.4 is 15.0 Å². The highest BCUT2D eigenvalue weighted by atomic mass is 16.5. The molecule has 0 amide bonds. The summed E-state index contributed by atoms with van der Waals surface area (Å²) in [5.74, 6) is 1.94. The van der Waals surface area contributed by atoms with Crippen LogP contribution in [0, 0.1) is 0 Å². The summed E-state index contributed by atoms with van der Waals surface area (Å²) in [7, 11) is 5.71. The molecule has 1 aromatic heterocycles. The first-order valence-corrected chi connectivity index (χ1v) is 6.11. The number of ether oxygens (including phenoxy) is 1. The van der Waals surface area contributed by atoms with E-state index < -0.39 is 0 Å². The summed E-state index contributed by atoms with van der Waals surface area (Å²) in [6.45, 7) is 0.846. The molecule has 0 radical (unpaired) electrons. The van der Waals surface area contributed by atoms with Gasteiger partial charge in [-0.25, -0.2) is 4.98 Å². The third-order valence-electron chi connectivity index (χ3n) is 2.54. The molecular formula is C14H18N4O. The smallest absolute Gasteiger partial charge is 0.228 e. The predicted molar refractivity (Wildman–Crippen MR) is 75.6 cm³/mol. The first-order valence-electron chi connectivity index (χ1n) is 6.11. The summed E-state index contributed by atoms with van der Waals surface area (Å²) in [4.78, 5) is 10.3. The Balaban J connectivity index is 2.10. The zero-order chi connectivity index (χ0) is 13.7. The van der Waals surface area contributed by atoms with E-state index in [0.717, 1.165) is 12.3 Å². The quantitative estimate of drug-likeness (QED) is 0.889. The highest BCUT2D eigenvalue weighted by molar-refractivity contribution is 5.33. The van der Waals surface area contributed by atoms with Crippen molar-refractivity contribution >= 4 is 5.95 Å². The molecule has 1 heterocycles. The van der Waals surface area contributed by atoms with Gasteiger partial charge in [-0.05, 0) is 24.7 Å². The molecule has 2 rings (SSSR count). The lowest BCUT2D eigenvalue weighted by molar-refractivity contribution is 0.461. The number of rotatable bonds is 5. The molecule has 0 saturated carbocycles. The van der Waals surface area contributed by atoms with Gasteiger partial charge in [0.2, 0.25) is 11.8 Å². The number of anilines is 1. The second-order valence-corrected chi connectivity index (χ2v) is 4.37. The Morgan fingerprint density at radius 3 is 2.53 bits per heavy atom. The third-order valence-corrected chi connectivity index (χ3v) is 2.54. The molecular weight excluding hydrogens is 240 g/mol. The fourth-order valence-electron chi connectivity index (χ4n) is 1.60. The lowest BCUT2D eigenvalue weighted by Crippen LogP contribution is -2.12. The Labute approximate surface area is 113 Å². The average molecular weight is 258 g/mol. The van der Waals surface area contributed by atoms with Crippen LogP contribution in [0.1, 0.15) is 5.56 Å². The topological polar surface area (TPSA) is 50.3 Å². The highest BCUT2D eigenvalue weighted by Crippen LogP contribution is 2.20. The van der Waals surface area contributed by atoms with E-state index >= 15 is 0 Å². The van der Waals surface area contributed by atoms with Crippen LogP contribution in [0.3, 0.4) is 0 Å². The van der Waals surface area contributed by atoms with Gasteiger partial charge in [0.15, 0.2) is 0 Å². The van der Waals surface area contributed by atoms with Gasteiger partial charge >= 0.3 is 0 Å². The van der Waals surface area contributed by atoms with Gasteiger partial charge in [0.25, 0.3) is 0 Å². The maximum absolute atomic E-state index is 5.70. The maximum Gasteiger partial charge on any atom is 0.228 e. The van der Waals surface area contributed by atoms with Crippen molar-refractivity contribution in [2.75, 3.05) is 26.0 Å². The highest BCUT2D eigenvalue weighted by Gasteiger charge is 2.03. The van der Waals surface area contributed by atoms with Crippen LogP contribution in [0.2, 0.25) is 0 Å². The van der Waals surface area contributed by atoms with Gasteiger partial charge in [0.1, 0.15) is 5.75 Å². The monoisotopic (exact) mass is 258 g/mol. The number of hydrogen-bond donors (Lipinski definition) is 1. The minimum Gasteiger partial charge on any atom is -0.439 e. The average Bonchev–Trinajstić information content (AvgIpc) is 2.42. The molecule has 5 heteroatoms. The van der Waals surface area contributed by atoms with E-state index in [4.69, 9.17) is 4.74 Å². The van der Waals surface area contributed by atoms with Crippen molar-refractivity contribution in [3.8, 4) is 11.6 Å². The normalized spacial score (nSPS) is 10.3. The van der Waals surface area contributed by atoms with E-state index in [-0.39, 0.29) is 0 Å². The van der Waals surface area contributed by atoms with Crippen molar-refractivity contribution in [3.63, 3.8) is 0 Å². The van der Waals surface area contributed by atoms with Crippen molar-refractivity contribution in [1.82, 2.24) is 15.3 Å². The van der Waals surface area contributed by atoms with Crippen molar-refractivity contribution in [1.29, 1.82) is 0 Å². The minimum atomic E-state index is 0.542. The Morgan fingerprint density at radius 2 is 1.89 bits per heavy atom. The van der Waals surface area contributed by atoms with Crippen LogP contribution in [0.4, 0.5) is 5.95 Å². The molecule has 0 aliphatic heterocycles. The van der Waals surface area contributed by atoms with Crippen LogP contribution >= 0.6 is 0 Å². The van der Waals surface area contributed by atoms with Gasteiger partial charge in [0, 0.05) is 32.9 Å². The largest absolute Gasteiger partial charge is 0.439 e. The van der Waals surface area contributed by atoms with Crippen molar-refractivity contribution in [2.45, 2.75) is 6.54 Å². The zero-order valence-corrected chi connectivity index (χ0v) is 11.4.